The first-order chi connectivity index (χ1) is 12.2. The lowest BCUT2D eigenvalue weighted by molar-refractivity contribution is 0.680. The fourth-order valence-electron chi connectivity index (χ4n) is 2.75. The van der Waals surface area contributed by atoms with E-state index in [9.17, 15) is 0 Å². The van der Waals surface area contributed by atoms with E-state index in [4.69, 9.17) is 11.5 Å². The molecule has 5 N–H and O–H groups in total. The van der Waals surface area contributed by atoms with E-state index in [1.54, 1.807) is 6.20 Å². The van der Waals surface area contributed by atoms with Crippen LogP contribution in [0.5, 0.6) is 0 Å². The van der Waals surface area contributed by atoms with Crippen molar-refractivity contribution in [2.24, 2.45) is 0 Å². The number of fused-ring (bicyclic) bond motifs is 2. The maximum atomic E-state index is 5.84. The summed E-state index contributed by atoms with van der Waals surface area (Å²) in [5.41, 5.74) is 14.3. The average molecular weight is 331 g/mol. The minimum atomic E-state index is 0.0986. The average Bonchev–Trinajstić information content (AvgIpc) is 2.62. The second-order valence-corrected chi connectivity index (χ2v) is 5.79. The van der Waals surface area contributed by atoms with Crippen LogP contribution in [0.3, 0.4) is 0 Å². The van der Waals surface area contributed by atoms with Crippen LogP contribution < -0.4 is 16.8 Å². The van der Waals surface area contributed by atoms with Gasteiger partial charge >= 0.3 is 0 Å². The third-order valence-corrected chi connectivity index (χ3v) is 3.95. The van der Waals surface area contributed by atoms with Crippen LogP contribution in [0.15, 0.2) is 48.7 Å². The van der Waals surface area contributed by atoms with Gasteiger partial charge in [0.2, 0.25) is 5.95 Å². The summed E-state index contributed by atoms with van der Waals surface area (Å²) >= 11 is 0. The molecule has 0 aliphatic rings. The van der Waals surface area contributed by atoms with Crippen LogP contribution >= 0.6 is 0 Å². The maximum Gasteiger partial charge on any atom is 0.224 e. The molecule has 0 bridgehead atoms. The number of nitrogen functional groups attached to an aromatic ring is 2. The first kappa shape index (κ1) is 15.2. The van der Waals surface area contributed by atoms with E-state index in [0.717, 1.165) is 12.2 Å². The SMILES string of the molecule is Nc1nc(N)c2nc(CNCc3ccc4ccccc4c3)cnc2n1. The smallest absolute Gasteiger partial charge is 0.224 e. The van der Waals surface area contributed by atoms with Gasteiger partial charge < -0.3 is 16.8 Å². The van der Waals surface area contributed by atoms with Gasteiger partial charge in [0.1, 0.15) is 0 Å². The molecule has 2 heterocycles. The number of nitrogens with one attached hydrogen (secondary N) is 1. The van der Waals surface area contributed by atoms with E-state index >= 15 is 0 Å². The predicted octanol–water partition coefficient (Wildman–Crippen LogP) is 2.03. The highest BCUT2D eigenvalue weighted by Gasteiger charge is 2.07. The van der Waals surface area contributed by atoms with Gasteiger partial charge in [0.15, 0.2) is 17.0 Å². The number of aromatic nitrogens is 4. The summed E-state index contributed by atoms with van der Waals surface area (Å²) in [7, 11) is 0. The van der Waals surface area contributed by atoms with Gasteiger partial charge in [-0.2, -0.15) is 9.97 Å². The van der Waals surface area contributed by atoms with Gasteiger partial charge in [-0.05, 0) is 22.4 Å². The Kier molecular flexibility index (Phi) is 3.83. The monoisotopic (exact) mass is 331 g/mol. The highest BCUT2D eigenvalue weighted by atomic mass is 15.1. The summed E-state index contributed by atoms with van der Waals surface area (Å²) < 4.78 is 0. The van der Waals surface area contributed by atoms with Crippen LogP contribution in [0, 0.1) is 0 Å². The van der Waals surface area contributed by atoms with Gasteiger partial charge in [-0.1, -0.05) is 36.4 Å². The molecule has 2 aromatic heterocycles. The molecule has 0 unspecified atom stereocenters. The maximum absolute atomic E-state index is 5.84. The third-order valence-electron chi connectivity index (χ3n) is 3.95. The van der Waals surface area contributed by atoms with Gasteiger partial charge in [0.25, 0.3) is 0 Å². The van der Waals surface area contributed by atoms with Crippen molar-refractivity contribution in [3.05, 3.63) is 59.9 Å². The molecule has 0 amide bonds. The molecule has 7 heteroatoms. The molecule has 0 saturated carbocycles. The first-order valence-electron chi connectivity index (χ1n) is 7.92. The number of rotatable bonds is 4. The van der Waals surface area contributed by atoms with Crippen LogP contribution in [0.1, 0.15) is 11.3 Å². The number of benzene rings is 2. The van der Waals surface area contributed by atoms with Crippen LogP contribution in [-0.2, 0) is 13.1 Å². The fourth-order valence-corrected chi connectivity index (χ4v) is 2.75. The zero-order valence-electron chi connectivity index (χ0n) is 13.5. The molecule has 0 aliphatic heterocycles. The minimum Gasteiger partial charge on any atom is -0.382 e. The molecule has 2 aromatic carbocycles. The van der Waals surface area contributed by atoms with Crippen LogP contribution in [0.25, 0.3) is 21.9 Å². The van der Waals surface area contributed by atoms with Gasteiger partial charge in [-0.25, -0.2) is 9.97 Å². The zero-order chi connectivity index (χ0) is 17.2. The van der Waals surface area contributed by atoms with Crippen molar-refractivity contribution in [3.8, 4) is 0 Å². The standard InChI is InChI=1S/C18H17N7/c19-16-15-17(25-18(20)24-16)22-10-14(23-15)9-21-8-11-5-6-12-3-1-2-4-13(12)7-11/h1-7,10,21H,8-9H2,(H4,19,20,22,24,25). The molecule has 7 nitrogen and oxygen atoms in total. The van der Waals surface area contributed by atoms with Crippen LogP contribution in [-0.4, -0.2) is 19.9 Å². The van der Waals surface area contributed by atoms with Gasteiger partial charge in [-0.3, -0.25) is 0 Å². The Morgan fingerprint density at radius 3 is 2.60 bits per heavy atom. The number of nitrogens with zero attached hydrogens (tertiary/aromatic N) is 4. The Morgan fingerprint density at radius 1 is 0.880 bits per heavy atom. The molecular formula is C18H17N7. The molecule has 0 saturated heterocycles. The van der Waals surface area contributed by atoms with E-state index in [1.165, 1.54) is 16.3 Å². The number of anilines is 2. The molecule has 0 spiro atoms. The van der Waals surface area contributed by atoms with E-state index in [0.29, 0.717) is 17.7 Å². The zero-order valence-corrected chi connectivity index (χ0v) is 13.5. The normalized spacial score (nSPS) is 11.2. The van der Waals surface area contributed by atoms with Gasteiger partial charge in [-0.15, -0.1) is 0 Å². The molecule has 4 aromatic rings. The summed E-state index contributed by atoms with van der Waals surface area (Å²) in [5.74, 6) is 0.341. The molecule has 4 rings (SSSR count). The summed E-state index contributed by atoms with van der Waals surface area (Å²) in [6, 6.07) is 14.7. The lowest BCUT2D eigenvalue weighted by atomic mass is 10.1. The number of hydrogen-bond donors (Lipinski definition) is 3. The Bertz CT molecular complexity index is 1060. The Labute approximate surface area is 144 Å². The van der Waals surface area contributed by atoms with Gasteiger partial charge in [0.05, 0.1) is 11.9 Å². The van der Waals surface area contributed by atoms with Crippen LogP contribution in [0.4, 0.5) is 11.8 Å². The largest absolute Gasteiger partial charge is 0.382 e. The topological polar surface area (TPSA) is 116 Å². The Hall–Kier alpha value is -3.32. The number of nitrogens with two attached hydrogens (primary N) is 2. The first-order valence-corrected chi connectivity index (χ1v) is 7.92. The van der Waals surface area contributed by atoms with E-state index in [2.05, 4.69) is 55.6 Å². The Morgan fingerprint density at radius 2 is 1.72 bits per heavy atom. The summed E-state index contributed by atoms with van der Waals surface area (Å²) in [5, 5.41) is 5.84. The van der Waals surface area contributed by atoms with E-state index in [1.807, 2.05) is 12.1 Å². The van der Waals surface area contributed by atoms with Crippen molar-refractivity contribution < 1.29 is 0 Å². The molecule has 25 heavy (non-hydrogen) atoms. The van der Waals surface area contributed by atoms with Crippen LogP contribution in [0.2, 0.25) is 0 Å². The van der Waals surface area contributed by atoms with E-state index < -0.39 is 0 Å². The predicted molar refractivity (Wildman–Crippen MR) is 98.4 cm³/mol. The van der Waals surface area contributed by atoms with Crippen molar-refractivity contribution in [1.82, 2.24) is 25.3 Å². The van der Waals surface area contributed by atoms with E-state index in [-0.39, 0.29) is 11.8 Å². The van der Waals surface area contributed by atoms with Crippen molar-refractivity contribution in [3.63, 3.8) is 0 Å². The molecule has 0 aliphatic carbocycles. The summed E-state index contributed by atoms with van der Waals surface area (Å²) in [6.07, 6.45) is 1.67. The molecule has 124 valence electrons. The summed E-state index contributed by atoms with van der Waals surface area (Å²) in [6.45, 7) is 1.30. The highest BCUT2D eigenvalue weighted by molar-refractivity contribution is 5.83. The second kappa shape index (κ2) is 6.29. The third kappa shape index (κ3) is 3.17. The second-order valence-electron chi connectivity index (χ2n) is 5.79. The fraction of sp³-hybridized carbons (Fsp3) is 0.111. The van der Waals surface area contributed by atoms with Crippen molar-refractivity contribution in [2.45, 2.75) is 13.1 Å². The lowest BCUT2D eigenvalue weighted by Gasteiger charge is -2.07. The lowest BCUT2D eigenvalue weighted by Crippen LogP contribution is -2.14. The molecular weight excluding hydrogens is 314 g/mol. The molecule has 0 atom stereocenters. The van der Waals surface area contributed by atoms with Gasteiger partial charge in [0, 0.05) is 13.1 Å². The Balaban J connectivity index is 1.48. The highest BCUT2D eigenvalue weighted by Crippen LogP contribution is 2.16. The quantitative estimate of drug-likeness (QED) is 0.524. The van der Waals surface area contributed by atoms with Crippen molar-refractivity contribution in [1.29, 1.82) is 0 Å². The van der Waals surface area contributed by atoms with Crippen molar-refractivity contribution in [2.75, 3.05) is 11.5 Å². The molecule has 0 radical (unpaired) electrons. The number of hydrogen-bond acceptors (Lipinski definition) is 7. The summed E-state index contributed by atoms with van der Waals surface area (Å²) in [4.78, 5) is 16.7. The van der Waals surface area contributed by atoms with Crippen molar-refractivity contribution >= 4 is 33.7 Å². The minimum absolute atomic E-state index is 0.0986. The molecule has 0 fully saturated rings.